The molecular formula is C24H23N3. The van der Waals surface area contributed by atoms with Crippen molar-refractivity contribution in [2.45, 2.75) is 13.1 Å². The molecule has 0 aliphatic carbocycles. The lowest BCUT2D eigenvalue weighted by atomic mass is 10.1. The minimum absolute atomic E-state index is 0.555. The normalized spacial score (nSPS) is 10.9. The topological polar surface area (TPSA) is 32.0 Å². The van der Waals surface area contributed by atoms with Crippen LogP contribution in [0.25, 0.3) is 10.9 Å². The summed E-state index contributed by atoms with van der Waals surface area (Å²) in [5.74, 6) is 0.555. The monoisotopic (exact) mass is 353 g/mol. The number of rotatable bonds is 5. The molecule has 3 nitrogen and oxygen atoms in total. The summed E-state index contributed by atoms with van der Waals surface area (Å²) in [6.45, 7) is 1.41. The molecular weight excluding hydrogens is 330 g/mol. The van der Waals surface area contributed by atoms with Crippen LogP contribution in [0.15, 0.2) is 91.1 Å². The lowest BCUT2D eigenvalue weighted by Gasteiger charge is -2.25. The molecule has 134 valence electrons. The molecule has 0 saturated heterocycles. The minimum atomic E-state index is 0.555. The molecule has 1 N–H and O–H groups in total. The van der Waals surface area contributed by atoms with Gasteiger partial charge in [-0.05, 0) is 17.2 Å². The lowest BCUT2D eigenvalue weighted by Crippen LogP contribution is -2.30. The zero-order chi connectivity index (χ0) is 18.6. The fourth-order valence-electron chi connectivity index (χ4n) is 3.52. The number of nitrogens with one attached hydrogen (secondary N) is 1. The zero-order valence-corrected chi connectivity index (χ0v) is 15.5. The van der Waals surface area contributed by atoms with Crippen molar-refractivity contribution in [1.82, 2.24) is 9.47 Å². The van der Waals surface area contributed by atoms with E-state index in [-0.39, 0.29) is 0 Å². The molecule has 0 saturated carbocycles. The Morgan fingerprint density at radius 1 is 0.778 bits per heavy atom. The highest BCUT2D eigenvalue weighted by atomic mass is 15.2. The van der Waals surface area contributed by atoms with Gasteiger partial charge in [-0.3, -0.25) is 5.41 Å². The van der Waals surface area contributed by atoms with Crippen molar-refractivity contribution in [2.24, 2.45) is 7.05 Å². The van der Waals surface area contributed by atoms with Gasteiger partial charge in [0, 0.05) is 42.8 Å². The maximum atomic E-state index is 8.99. The second-order valence-corrected chi connectivity index (χ2v) is 6.85. The third kappa shape index (κ3) is 3.63. The summed E-state index contributed by atoms with van der Waals surface area (Å²) in [5.41, 5.74) is 4.54. The van der Waals surface area contributed by atoms with Crippen molar-refractivity contribution >= 4 is 16.7 Å². The highest BCUT2D eigenvalue weighted by Crippen LogP contribution is 2.23. The van der Waals surface area contributed by atoms with Crippen LogP contribution < -0.4 is 0 Å². The average molecular weight is 353 g/mol. The molecule has 0 aliphatic rings. The van der Waals surface area contributed by atoms with E-state index in [1.807, 2.05) is 31.3 Å². The number of benzene rings is 3. The van der Waals surface area contributed by atoms with E-state index in [0.717, 1.165) is 16.5 Å². The van der Waals surface area contributed by atoms with Crippen LogP contribution in [-0.2, 0) is 20.1 Å². The largest absolute Gasteiger partial charge is 0.350 e. The van der Waals surface area contributed by atoms with Gasteiger partial charge in [0.05, 0.1) is 0 Å². The Hall–Kier alpha value is -3.33. The van der Waals surface area contributed by atoms with Crippen molar-refractivity contribution < 1.29 is 0 Å². The lowest BCUT2D eigenvalue weighted by molar-refractivity contribution is 0.405. The van der Waals surface area contributed by atoms with Crippen LogP contribution in [0.3, 0.4) is 0 Å². The molecule has 0 radical (unpaired) electrons. The third-order valence-electron chi connectivity index (χ3n) is 4.90. The van der Waals surface area contributed by atoms with Crippen LogP contribution in [0.1, 0.15) is 16.7 Å². The van der Waals surface area contributed by atoms with E-state index in [1.54, 1.807) is 0 Å². The second-order valence-electron chi connectivity index (χ2n) is 6.85. The van der Waals surface area contributed by atoms with Gasteiger partial charge in [0.25, 0.3) is 0 Å². The van der Waals surface area contributed by atoms with Gasteiger partial charge in [-0.1, -0.05) is 78.9 Å². The molecule has 1 aromatic heterocycles. The van der Waals surface area contributed by atoms with E-state index in [2.05, 4.69) is 76.3 Å². The Morgan fingerprint density at radius 3 is 1.89 bits per heavy atom. The van der Waals surface area contributed by atoms with Gasteiger partial charge in [-0.15, -0.1) is 0 Å². The second kappa shape index (κ2) is 7.50. The molecule has 4 aromatic rings. The number of aromatic nitrogens is 1. The molecule has 1 heterocycles. The van der Waals surface area contributed by atoms with E-state index in [1.165, 1.54) is 11.1 Å². The third-order valence-corrected chi connectivity index (χ3v) is 4.90. The van der Waals surface area contributed by atoms with Crippen LogP contribution in [-0.4, -0.2) is 15.3 Å². The first-order valence-electron chi connectivity index (χ1n) is 9.18. The fraction of sp³-hybridized carbons (Fsp3) is 0.125. The highest BCUT2D eigenvalue weighted by Gasteiger charge is 2.17. The van der Waals surface area contributed by atoms with Crippen molar-refractivity contribution in [2.75, 3.05) is 0 Å². The number of amidine groups is 1. The summed E-state index contributed by atoms with van der Waals surface area (Å²) in [6, 6.07) is 29.0. The number of aryl methyl sites for hydroxylation is 1. The summed E-state index contributed by atoms with van der Waals surface area (Å²) >= 11 is 0. The minimum Gasteiger partial charge on any atom is -0.350 e. The Morgan fingerprint density at radius 2 is 1.30 bits per heavy atom. The van der Waals surface area contributed by atoms with Gasteiger partial charge in [-0.25, -0.2) is 0 Å². The fourth-order valence-corrected chi connectivity index (χ4v) is 3.52. The first kappa shape index (κ1) is 17.1. The van der Waals surface area contributed by atoms with Gasteiger partial charge in [0.15, 0.2) is 0 Å². The summed E-state index contributed by atoms with van der Waals surface area (Å²) in [5, 5.41) is 10.1. The Labute approximate surface area is 160 Å². The number of para-hydroxylation sites is 1. The van der Waals surface area contributed by atoms with Gasteiger partial charge in [0.1, 0.15) is 5.84 Å². The number of hydrogen-bond acceptors (Lipinski definition) is 1. The quantitative estimate of drug-likeness (QED) is 0.388. The molecule has 4 rings (SSSR count). The first-order valence-corrected chi connectivity index (χ1v) is 9.18. The van der Waals surface area contributed by atoms with Crippen LogP contribution in [0.2, 0.25) is 0 Å². The van der Waals surface area contributed by atoms with Crippen molar-refractivity contribution in [1.29, 1.82) is 5.41 Å². The highest BCUT2D eigenvalue weighted by molar-refractivity contribution is 6.08. The van der Waals surface area contributed by atoms with Gasteiger partial charge >= 0.3 is 0 Å². The summed E-state index contributed by atoms with van der Waals surface area (Å²) in [7, 11) is 2.04. The number of nitrogens with zero attached hydrogens (tertiary/aromatic N) is 2. The van der Waals surface area contributed by atoms with Crippen molar-refractivity contribution in [3.63, 3.8) is 0 Å². The maximum absolute atomic E-state index is 8.99. The molecule has 0 bridgehead atoms. The van der Waals surface area contributed by atoms with Crippen LogP contribution in [0, 0.1) is 5.41 Å². The van der Waals surface area contributed by atoms with E-state index in [4.69, 9.17) is 5.41 Å². The molecule has 0 amide bonds. The molecule has 0 atom stereocenters. The molecule has 0 aliphatic heterocycles. The molecule has 0 spiro atoms. The van der Waals surface area contributed by atoms with E-state index in [0.29, 0.717) is 18.9 Å². The molecule has 0 fully saturated rings. The maximum Gasteiger partial charge on any atom is 0.130 e. The van der Waals surface area contributed by atoms with Crippen molar-refractivity contribution in [3.05, 3.63) is 108 Å². The smallest absolute Gasteiger partial charge is 0.130 e. The van der Waals surface area contributed by atoms with Gasteiger partial charge in [-0.2, -0.15) is 0 Å². The summed E-state index contributed by atoms with van der Waals surface area (Å²) in [4.78, 5) is 2.15. The molecule has 27 heavy (non-hydrogen) atoms. The zero-order valence-electron chi connectivity index (χ0n) is 15.5. The average Bonchev–Trinajstić information content (AvgIpc) is 3.05. The predicted octanol–water partition coefficient (Wildman–Crippen LogP) is 5.21. The predicted molar refractivity (Wildman–Crippen MR) is 112 cm³/mol. The number of hydrogen-bond donors (Lipinski definition) is 1. The summed E-state index contributed by atoms with van der Waals surface area (Å²) in [6.07, 6.45) is 2.07. The van der Waals surface area contributed by atoms with Crippen molar-refractivity contribution in [3.8, 4) is 0 Å². The Balaban J connectivity index is 1.71. The van der Waals surface area contributed by atoms with Gasteiger partial charge in [0.2, 0.25) is 0 Å². The van der Waals surface area contributed by atoms with E-state index in [9.17, 15) is 0 Å². The standard InChI is InChI=1S/C24H23N3/c1-26-18-22(21-14-8-9-15-23(21)26)24(25)27(16-19-10-4-2-5-11-19)17-20-12-6-3-7-13-20/h2-15,18,25H,16-17H2,1H3. The molecule has 3 aromatic carbocycles. The summed E-state index contributed by atoms with van der Waals surface area (Å²) < 4.78 is 2.10. The SMILES string of the molecule is Cn1cc(C(=N)N(Cc2ccccc2)Cc2ccccc2)c2ccccc21. The van der Waals surface area contributed by atoms with Crippen LogP contribution in [0.5, 0.6) is 0 Å². The van der Waals surface area contributed by atoms with Crippen LogP contribution >= 0.6 is 0 Å². The first-order chi connectivity index (χ1) is 13.2. The van der Waals surface area contributed by atoms with E-state index < -0.39 is 0 Å². The Kier molecular flexibility index (Phi) is 4.75. The molecule has 3 heteroatoms. The van der Waals surface area contributed by atoms with Crippen LogP contribution in [0.4, 0.5) is 0 Å². The number of fused-ring (bicyclic) bond motifs is 1. The van der Waals surface area contributed by atoms with E-state index >= 15 is 0 Å². The van der Waals surface area contributed by atoms with Gasteiger partial charge < -0.3 is 9.47 Å². The molecule has 0 unspecified atom stereocenters. The Bertz CT molecular complexity index is 1010.